The highest BCUT2D eigenvalue weighted by Crippen LogP contribution is 2.48. The molecule has 0 saturated heterocycles. The molecule has 35 heavy (non-hydrogen) atoms. The van der Waals surface area contributed by atoms with Gasteiger partial charge in [0.25, 0.3) is 0 Å². The van der Waals surface area contributed by atoms with Gasteiger partial charge in [-0.15, -0.1) is 0 Å². The first kappa shape index (κ1) is 22.1. The number of carboxylic acids is 1. The van der Waals surface area contributed by atoms with Crippen molar-refractivity contribution in [3.63, 3.8) is 0 Å². The summed E-state index contributed by atoms with van der Waals surface area (Å²) in [5, 5.41) is 11.3. The third-order valence-electron chi connectivity index (χ3n) is 7.21. The maximum atomic E-state index is 11.7. The summed E-state index contributed by atoms with van der Waals surface area (Å²) in [4.78, 5) is 11.7. The Labute approximate surface area is 208 Å². The largest absolute Gasteiger partial charge is 0.491 e. The molecule has 1 N–H and O–H groups in total. The lowest BCUT2D eigenvalue weighted by Gasteiger charge is -2.23. The number of benzene rings is 3. The molecule has 178 valence electrons. The number of nitrogens with zero attached hydrogens (tertiary/aromatic N) is 1. The maximum Gasteiger partial charge on any atom is 0.335 e. The molecule has 1 saturated carbocycles. The van der Waals surface area contributed by atoms with Crippen LogP contribution in [0.15, 0.2) is 60.7 Å². The number of carboxylic acid groups (broad SMARTS) is 1. The molecular formula is C29H26ClNO4. The minimum atomic E-state index is -0.909. The zero-order chi connectivity index (χ0) is 23.9. The van der Waals surface area contributed by atoms with Crippen molar-refractivity contribution in [3.8, 4) is 28.5 Å². The Morgan fingerprint density at radius 1 is 1.03 bits per heavy atom. The lowest BCUT2D eigenvalue weighted by atomic mass is 9.81. The van der Waals surface area contributed by atoms with E-state index in [0.717, 1.165) is 40.8 Å². The van der Waals surface area contributed by atoms with Gasteiger partial charge in [0.15, 0.2) is 0 Å². The van der Waals surface area contributed by atoms with E-state index in [-0.39, 0.29) is 0 Å². The molecule has 6 heteroatoms. The molecule has 0 radical (unpaired) electrons. The molecule has 4 aromatic rings. The van der Waals surface area contributed by atoms with E-state index < -0.39 is 5.97 Å². The van der Waals surface area contributed by atoms with Crippen molar-refractivity contribution in [1.29, 1.82) is 0 Å². The van der Waals surface area contributed by atoms with Crippen LogP contribution in [-0.4, -0.2) is 22.2 Å². The number of hydrogen-bond acceptors (Lipinski definition) is 3. The second kappa shape index (κ2) is 8.97. The predicted molar refractivity (Wildman–Crippen MR) is 137 cm³/mol. The van der Waals surface area contributed by atoms with Crippen LogP contribution in [0.25, 0.3) is 22.2 Å². The van der Waals surface area contributed by atoms with Crippen LogP contribution < -0.4 is 9.47 Å². The monoisotopic (exact) mass is 487 g/mol. The van der Waals surface area contributed by atoms with Crippen molar-refractivity contribution in [2.24, 2.45) is 0 Å². The molecule has 0 amide bonds. The molecule has 1 aliphatic carbocycles. The van der Waals surface area contributed by atoms with Crippen LogP contribution >= 0.6 is 11.6 Å². The Morgan fingerprint density at radius 2 is 1.86 bits per heavy atom. The standard InChI is InChI=1S/C29H26ClNO4/c30-23-8-4-5-9-25(23)35-20-11-13-22-26(17-20)34-15-14-31-24-16-19(29(32)33)10-12-21(24)27(28(22)31)18-6-2-1-3-7-18/h4-5,8-13,16-18H,1-3,6-7,14-15H2,(H,32,33). The Balaban J connectivity index is 1.52. The summed E-state index contributed by atoms with van der Waals surface area (Å²) in [6.07, 6.45) is 6.01. The van der Waals surface area contributed by atoms with Gasteiger partial charge in [-0.05, 0) is 60.7 Å². The summed E-state index contributed by atoms with van der Waals surface area (Å²) in [7, 11) is 0. The van der Waals surface area contributed by atoms with Crippen molar-refractivity contribution in [2.75, 3.05) is 6.61 Å². The highest BCUT2D eigenvalue weighted by molar-refractivity contribution is 6.32. The second-order valence-corrected chi connectivity index (χ2v) is 9.73. The van der Waals surface area contributed by atoms with Crippen LogP contribution in [0.4, 0.5) is 0 Å². The maximum absolute atomic E-state index is 11.7. The van der Waals surface area contributed by atoms with Crippen molar-refractivity contribution >= 4 is 28.5 Å². The SMILES string of the molecule is O=C(O)c1ccc2c(C3CCCCC3)c3n(c2c1)CCOc1cc(Oc2ccccc2Cl)ccc1-3. The lowest BCUT2D eigenvalue weighted by Crippen LogP contribution is -2.07. The molecule has 3 aromatic carbocycles. The molecule has 2 aliphatic rings. The topological polar surface area (TPSA) is 60.7 Å². The van der Waals surface area contributed by atoms with E-state index in [1.807, 2.05) is 42.5 Å². The van der Waals surface area contributed by atoms with Gasteiger partial charge in [0.05, 0.1) is 22.8 Å². The number of hydrogen-bond donors (Lipinski definition) is 1. The van der Waals surface area contributed by atoms with E-state index in [1.54, 1.807) is 12.1 Å². The average molecular weight is 488 g/mol. The number of ether oxygens (including phenoxy) is 2. The Morgan fingerprint density at radius 3 is 2.66 bits per heavy atom. The number of para-hydroxylation sites is 1. The van der Waals surface area contributed by atoms with Gasteiger partial charge in [0.1, 0.15) is 23.9 Å². The van der Waals surface area contributed by atoms with Crippen LogP contribution in [0.2, 0.25) is 5.02 Å². The highest BCUT2D eigenvalue weighted by atomic mass is 35.5. The smallest absolute Gasteiger partial charge is 0.335 e. The highest BCUT2D eigenvalue weighted by Gasteiger charge is 2.29. The van der Waals surface area contributed by atoms with Gasteiger partial charge in [-0.2, -0.15) is 0 Å². The number of rotatable bonds is 4. The number of carbonyl (C=O) groups is 1. The summed E-state index contributed by atoms with van der Waals surface area (Å²) < 4.78 is 14.5. The van der Waals surface area contributed by atoms with E-state index in [4.69, 9.17) is 21.1 Å². The molecule has 5 nitrogen and oxygen atoms in total. The van der Waals surface area contributed by atoms with E-state index in [9.17, 15) is 9.90 Å². The Hall–Kier alpha value is -3.44. The van der Waals surface area contributed by atoms with Crippen LogP contribution in [0.5, 0.6) is 17.2 Å². The van der Waals surface area contributed by atoms with Gasteiger partial charge in [0, 0.05) is 22.5 Å². The van der Waals surface area contributed by atoms with Crippen molar-refractivity contribution in [3.05, 3.63) is 76.8 Å². The molecule has 0 unspecified atom stereocenters. The first-order chi connectivity index (χ1) is 17.1. The predicted octanol–water partition coefficient (Wildman–Crippen LogP) is 7.89. The summed E-state index contributed by atoms with van der Waals surface area (Å²) >= 11 is 6.30. The van der Waals surface area contributed by atoms with Crippen LogP contribution in [0.3, 0.4) is 0 Å². The van der Waals surface area contributed by atoms with Crippen LogP contribution in [0.1, 0.15) is 53.9 Å². The van der Waals surface area contributed by atoms with Gasteiger partial charge in [-0.3, -0.25) is 0 Å². The Bertz CT molecular complexity index is 1430. The van der Waals surface area contributed by atoms with Crippen molar-refractivity contribution in [1.82, 2.24) is 4.57 Å². The van der Waals surface area contributed by atoms with Crippen LogP contribution in [0, 0.1) is 0 Å². The summed E-state index contributed by atoms with van der Waals surface area (Å²) in [6, 6.07) is 18.9. The van der Waals surface area contributed by atoms with Crippen molar-refractivity contribution < 1.29 is 19.4 Å². The number of aromatic nitrogens is 1. The zero-order valence-corrected chi connectivity index (χ0v) is 20.1. The molecule has 2 heterocycles. The Kier molecular flexibility index (Phi) is 5.65. The number of halogens is 1. The lowest BCUT2D eigenvalue weighted by molar-refractivity contribution is 0.0697. The number of fused-ring (bicyclic) bond motifs is 5. The van der Waals surface area contributed by atoms with Gasteiger partial charge in [0.2, 0.25) is 0 Å². The third kappa shape index (κ3) is 3.94. The third-order valence-corrected chi connectivity index (χ3v) is 7.52. The molecular weight excluding hydrogens is 462 g/mol. The molecule has 0 atom stereocenters. The molecule has 0 bridgehead atoms. The summed E-state index contributed by atoms with van der Waals surface area (Å²) in [5.41, 5.74) is 4.76. The van der Waals surface area contributed by atoms with Gasteiger partial charge >= 0.3 is 5.97 Å². The minimum Gasteiger partial charge on any atom is -0.491 e. The quantitative estimate of drug-likeness (QED) is 0.318. The minimum absolute atomic E-state index is 0.307. The first-order valence-corrected chi connectivity index (χ1v) is 12.6. The second-order valence-electron chi connectivity index (χ2n) is 9.32. The van der Waals surface area contributed by atoms with Gasteiger partial charge in [-0.1, -0.05) is 49.1 Å². The van der Waals surface area contributed by atoms with Gasteiger partial charge < -0.3 is 19.1 Å². The van der Waals surface area contributed by atoms with E-state index in [2.05, 4.69) is 10.6 Å². The molecule has 1 aliphatic heterocycles. The first-order valence-electron chi connectivity index (χ1n) is 12.2. The van der Waals surface area contributed by atoms with Crippen LogP contribution in [-0.2, 0) is 6.54 Å². The van der Waals surface area contributed by atoms with Crippen molar-refractivity contribution in [2.45, 2.75) is 44.6 Å². The molecule has 6 rings (SSSR count). The zero-order valence-electron chi connectivity index (χ0n) is 19.3. The summed E-state index contributed by atoms with van der Waals surface area (Å²) in [5.74, 6) is 1.57. The van der Waals surface area contributed by atoms with Gasteiger partial charge in [-0.25, -0.2) is 4.79 Å². The fourth-order valence-corrected chi connectivity index (χ4v) is 5.79. The molecule has 1 fully saturated rings. The number of aromatic carboxylic acids is 1. The average Bonchev–Trinajstić information content (AvgIpc) is 3.07. The normalized spacial score (nSPS) is 15.7. The summed E-state index contributed by atoms with van der Waals surface area (Å²) in [6.45, 7) is 1.14. The molecule has 0 spiro atoms. The fraction of sp³-hybridized carbons (Fsp3) is 0.276. The molecule has 1 aromatic heterocycles. The fourth-order valence-electron chi connectivity index (χ4n) is 5.62. The van der Waals surface area contributed by atoms with E-state index in [0.29, 0.717) is 41.2 Å². The van der Waals surface area contributed by atoms with E-state index in [1.165, 1.54) is 24.8 Å². The van der Waals surface area contributed by atoms with E-state index >= 15 is 0 Å².